The molecule has 0 atom stereocenters. The molecule has 0 unspecified atom stereocenters. The minimum Gasteiger partial charge on any atom is -0.350 e. The van der Waals surface area contributed by atoms with Crippen LogP contribution in [0.1, 0.15) is 30.9 Å². The Labute approximate surface area is 183 Å². The van der Waals surface area contributed by atoms with Crippen molar-refractivity contribution in [3.63, 3.8) is 0 Å². The monoisotopic (exact) mass is 436 g/mol. The van der Waals surface area contributed by atoms with E-state index in [9.17, 15) is 22.8 Å². The summed E-state index contributed by atoms with van der Waals surface area (Å²) in [7, 11) is 0. The van der Waals surface area contributed by atoms with Gasteiger partial charge in [0.15, 0.2) is 0 Å². The number of rotatable bonds is 5. The van der Waals surface area contributed by atoms with E-state index >= 15 is 0 Å². The number of halogens is 3. The van der Waals surface area contributed by atoms with Crippen molar-refractivity contribution in [2.24, 2.45) is 0 Å². The first-order valence-corrected chi connectivity index (χ1v) is 9.97. The van der Waals surface area contributed by atoms with Crippen molar-refractivity contribution >= 4 is 28.8 Å². The number of nitrogens with one attached hydrogen (secondary N) is 1. The molecule has 1 heterocycles. The van der Waals surface area contributed by atoms with E-state index in [4.69, 9.17) is 0 Å². The Bertz CT molecular complexity index is 1230. The lowest BCUT2D eigenvalue weighted by atomic mass is 10.0. The maximum Gasteiger partial charge on any atom is 0.282 e. The molecule has 3 aromatic carbocycles. The molecule has 0 fully saturated rings. The van der Waals surface area contributed by atoms with Gasteiger partial charge < -0.3 is 5.32 Å². The highest BCUT2D eigenvalue weighted by atomic mass is 19.1. The Hall–Kier alpha value is -3.87. The zero-order chi connectivity index (χ0) is 23.0. The Morgan fingerprint density at radius 3 is 2.03 bits per heavy atom. The zero-order valence-electron chi connectivity index (χ0n) is 17.3. The summed E-state index contributed by atoms with van der Waals surface area (Å²) in [5, 5.41) is 2.94. The van der Waals surface area contributed by atoms with Gasteiger partial charge in [-0.3, -0.25) is 9.59 Å². The number of carbonyl (C=O) groups excluding carboxylic acids is 2. The molecule has 7 heteroatoms. The third-order valence-electron chi connectivity index (χ3n) is 5.21. The highest BCUT2D eigenvalue weighted by Gasteiger charge is 2.41. The first-order valence-electron chi connectivity index (χ1n) is 9.97. The first-order chi connectivity index (χ1) is 15.3. The molecular weight excluding hydrogens is 417 g/mol. The van der Waals surface area contributed by atoms with Gasteiger partial charge in [-0.2, -0.15) is 0 Å². The van der Waals surface area contributed by atoms with Gasteiger partial charge >= 0.3 is 0 Å². The van der Waals surface area contributed by atoms with E-state index < -0.39 is 35.0 Å². The third kappa shape index (κ3) is 3.89. The largest absolute Gasteiger partial charge is 0.350 e. The molecule has 4 rings (SSSR count). The van der Waals surface area contributed by atoms with E-state index in [0.29, 0.717) is 16.5 Å². The van der Waals surface area contributed by atoms with Crippen LogP contribution < -0.4 is 10.2 Å². The number of imide groups is 1. The van der Waals surface area contributed by atoms with Crippen molar-refractivity contribution in [3.05, 3.63) is 101 Å². The number of hydrogen-bond acceptors (Lipinski definition) is 3. The summed E-state index contributed by atoms with van der Waals surface area (Å²) < 4.78 is 41.7. The minimum absolute atomic E-state index is 0.0633. The van der Waals surface area contributed by atoms with Crippen LogP contribution in [0.4, 0.5) is 24.5 Å². The van der Waals surface area contributed by atoms with Crippen LogP contribution in [0, 0.1) is 17.5 Å². The van der Waals surface area contributed by atoms with Crippen LogP contribution >= 0.6 is 0 Å². The molecule has 1 aliphatic heterocycles. The lowest BCUT2D eigenvalue weighted by Crippen LogP contribution is -2.33. The topological polar surface area (TPSA) is 49.4 Å². The molecule has 0 radical (unpaired) electrons. The molecule has 32 heavy (non-hydrogen) atoms. The van der Waals surface area contributed by atoms with E-state index in [2.05, 4.69) is 5.32 Å². The van der Waals surface area contributed by atoms with Crippen LogP contribution in [0.3, 0.4) is 0 Å². The second kappa shape index (κ2) is 8.34. The molecule has 1 aliphatic rings. The molecule has 0 saturated heterocycles. The fraction of sp³-hybridized carbons (Fsp3) is 0.120. The van der Waals surface area contributed by atoms with Gasteiger partial charge in [-0.15, -0.1) is 0 Å². The molecule has 2 amide bonds. The second-order valence-electron chi connectivity index (χ2n) is 7.70. The maximum atomic E-state index is 14.4. The Balaban J connectivity index is 1.81. The molecule has 4 nitrogen and oxygen atoms in total. The Kier molecular flexibility index (Phi) is 5.57. The summed E-state index contributed by atoms with van der Waals surface area (Å²) in [6.07, 6.45) is 0. The van der Waals surface area contributed by atoms with E-state index in [1.165, 1.54) is 12.1 Å². The normalized spacial score (nSPS) is 14.0. The van der Waals surface area contributed by atoms with Crippen LogP contribution in [-0.4, -0.2) is 11.8 Å². The number of carbonyl (C=O) groups is 2. The van der Waals surface area contributed by atoms with Crippen molar-refractivity contribution < 1.29 is 22.8 Å². The van der Waals surface area contributed by atoms with Crippen LogP contribution in [0.15, 0.2) is 72.4 Å². The average Bonchev–Trinajstić information content (AvgIpc) is 3.00. The second-order valence-corrected chi connectivity index (χ2v) is 7.70. The van der Waals surface area contributed by atoms with E-state index in [-0.39, 0.29) is 16.8 Å². The van der Waals surface area contributed by atoms with Gasteiger partial charge in [0.1, 0.15) is 23.1 Å². The van der Waals surface area contributed by atoms with E-state index in [1.54, 1.807) is 12.1 Å². The molecule has 0 bridgehead atoms. The quantitative estimate of drug-likeness (QED) is 0.528. The summed E-state index contributed by atoms with van der Waals surface area (Å²) in [6, 6.07) is 14.8. The molecule has 0 aromatic heterocycles. The molecule has 1 N–H and O–H groups in total. The van der Waals surface area contributed by atoms with Gasteiger partial charge in [0.2, 0.25) is 0 Å². The first kappa shape index (κ1) is 21.4. The molecule has 0 spiro atoms. The fourth-order valence-electron chi connectivity index (χ4n) is 3.50. The number of amides is 2. The summed E-state index contributed by atoms with van der Waals surface area (Å²) in [6.45, 7) is 4.09. The van der Waals surface area contributed by atoms with Crippen molar-refractivity contribution in [3.8, 4) is 0 Å². The van der Waals surface area contributed by atoms with Gasteiger partial charge in [-0.05, 0) is 53.4 Å². The Morgan fingerprint density at radius 2 is 1.41 bits per heavy atom. The smallest absolute Gasteiger partial charge is 0.282 e. The van der Waals surface area contributed by atoms with Crippen molar-refractivity contribution in [2.75, 3.05) is 10.2 Å². The number of nitrogens with zero attached hydrogens (tertiary/aromatic N) is 1. The van der Waals surface area contributed by atoms with Crippen LogP contribution in [0.25, 0.3) is 5.57 Å². The van der Waals surface area contributed by atoms with Crippen LogP contribution in [0.2, 0.25) is 0 Å². The molecule has 0 saturated carbocycles. The molecule has 3 aromatic rings. The summed E-state index contributed by atoms with van der Waals surface area (Å²) in [5.74, 6) is -3.61. The van der Waals surface area contributed by atoms with Gasteiger partial charge in [0.05, 0.1) is 11.3 Å². The fourth-order valence-corrected chi connectivity index (χ4v) is 3.50. The van der Waals surface area contributed by atoms with Gasteiger partial charge in [-0.1, -0.05) is 38.1 Å². The van der Waals surface area contributed by atoms with Gasteiger partial charge in [0, 0.05) is 11.8 Å². The summed E-state index contributed by atoms with van der Waals surface area (Å²) in [4.78, 5) is 27.1. The number of benzene rings is 3. The Morgan fingerprint density at radius 1 is 0.781 bits per heavy atom. The minimum atomic E-state index is -0.922. The SMILES string of the molecule is CC(C)c1ccc(NC2=C(c3ccc(F)cc3)C(=O)N(c3cc(F)ccc3F)C2=O)cc1. The van der Waals surface area contributed by atoms with Gasteiger partial charge in [-0.25, -0.2) is 18.1 Å². The lowest BCUT2D eigenvalue weighted by molar-refractivity contribution is -0.120. The summed E-state index contributed by atoms with van der Waals surface area (Å²) >= 11 is 0. The molecular formula is C25H19F3N2O2. The molecule has 0 aliphatic carbocycles. The van der Waals surface area contributed by atoms with Crippen LogP contribution in [0.5, 0.6) is 0 Å². The standard InChI is InChI=1S/C25H19F3N2O2/c1-14(2)15-5-10-19(11-6-15)29-23-22(16-3-7-17(26)8-4-16)24(31)30(25(23)32)21-13-18(27)9-12-20(21)28/h3-14,29H,1-2H3. The van der Waals surface area contributed by atoms with Crippen LogP contribution in [-0.2, 0) is 9.59 Å². The predicted octanol–water partition coefficient (Wildman–Crippen LogP) is 5.62. The number of anilines is 2. The number of hydrogen-bond donors (Lipinski definition) is 1. The van der Waals surface area contributed by atoms with E-state index in [0.717, 1.165) is 35.9 Å². The lowest BCUT2D eigenvalue weighted by Gasteiger charge is -2.16. The zero-order valence-corrected chi connectivity index (χ0v) is 17.3. The van der Waals surface area contributed by atoms with Crippen molar-refractivity contribution in [1.82, 2.24) is 0 Å². The predicted molar refractivity (Wildman–Crippen MR) is 116 cm³/mol. The average molecular weight is 436 g/mol. The maximum absolute atomic E-state index is 14.4. The third-order valence-corrected chi connectivity index (χ3v) is 5.21. The van der Waals surface area contributed by atoms with E-state index in [1.807, 2.05) is 26.0 Å². The highest BCUT2D eigenvalue weighted by molar-refractivity contribution is 6.46. The summed E-state index contributed by atoms with van der Waals surface area (Å²) in [5.41, 5.74) is 1.22. The van der Waals surface area contributed by atoms with Crippen molar-refractivity contribution in [1.29, 1.82) is 0 Å². The highest BCUT2D eigenvalue weighted by Crippen LogP contribution is 2.35. The van der Waals surface area contributed by atoms with Crippen molar-refractivity contribution in [2.45, 2.75) is 19.8 Å². The molecule has 162 valence electrons. The van der Waals surface area contributed by atoms with Gasteiger partial charge in [0.25, 0.3) is 11.8 Å².